The average Bonchev–Trinajstić information content (AvgIpc) is 2.76. The number of nitrogen functional groups attached to an aromatic ring is 1. The molecule has 88 valence electrons. The van der Waals surface area contributed by atoms with Gasteiger partial charge in [0.15, 0.2) is 11.6 Å². The van der Waals surface area contributed by atoms with Gasteiger partial charge in [-0.1, -0.05) is 16.8 Å². The van der Waals surface area contributed by atoms with Crippen LogP contribution >= 0.6 is 11.6 Å². The lowest BCUT2D eigenvalue weighted by atomic mass is 9.90. The second-order valence-corrected chi connectivity index (χ2v) is 4.83. The van der Waals surface area contributed by atoms with Gasteiger partial charge in [0.2, 0.25) is 0 Å². The van der Waals surface area contributed by atoms with E-state index in [-0.39, 0.29) is 0 Å². The van der Waals surface area contributed by atoms with Crippen molar-refractivity contribution in [3.8, 4) is 11.3 Å². The van der Waals surface area contributed by atoms with Crippen molar-refractivity contribution < 1.29 is 4.52 Å². The largest absolute Gasteiger partial charge is 0.381 e. The van der Waals surface area contributed by atoms with Gasteiger partial charge >= 0.3 is 0 Å². The Morgan fingerprint density at radius 2 is 2.00 bits per heavy atom. The van der Waals surface area contributed by atoms with E-state index in [9.17, 15) is 0 Å². The highest BCUT2D eigenvalue weighted by molar-refractivity contribution is 6.31. The average molecular weight is 249 g/mol. The first-order valence-corrected chi connectivity index (χ1v) is 6.16. The van der Waals surface area contributed by atoms with Gasteiger partial charge in [0, 0.05) is 16.7 Å². The quantitative estimate of drug-likeness (QED) is 0.841. The summed E-state index contributed by atoms with van der Waals surface area (Å²) in [5.74, 6) is 1.08. The summed E-state index contributed by atoms with van der Waals surface area (Å²) >= 11 is 6.31. The van der Waals surface area contributed by atoms with E-state index in [4.69, 9.17) is 21.9 Å². The first-order chi connectivity index (χ1) is 8.24. The molecule has 1 heterocycles. The van der Waals surface area contributed by atoms with Crippen LogP contribution in [0.3, 0.4) is 0 Å². The van der Waals surface area contributed by atoms with Gasteiger partial charge in [0.05, 0.1) is 0 Å². The normalized spacial score (nSPS) is 14.6. The lowest BCUT2D eigenvalue weighted by molar-refractivity contribution is 0.435. The van der Waals surface area contributed by atoms with Crippen molar-refractivity contribution in [2.45, 2.75) is 25.7 Å². The molecule has 1 aliphatic carbocycles. The van der Waals surface area contributed by atoms with Gasteiger partial charge in [-0.25, -0.2) is 0 Å². The Morgan fingerprint density at radius 3 is 2.76 bits per heavy atom. The molecule has 1 aromatic carbocycles. The Bertz CT molecular complexity index is 563. The molecule has 0 amide bonds. The van der Waals surface area contributed by atoms with Gasteiger partial charge in [0.25, 0.3) is 0 Å². The third-order valence-electron chi connectivity index (χ3n) is 3.22. The summed E-state index contributed by atoms with van der Waals surface area (Å²) in [6, 6.07) is 5.80. The van der Waals surface area contributed by atoms with E-state index in [1.165, 1.54) is 24.0 Å². The predicted molar refractivity (Wildman–Crippen MR) is 68.0 cm³/mol. The fourth-order valence-electron chi connectivity index (χ4n) is 2.38. The predicted octanol–water partition coefficient (Wildman–Crippen LogP) is 3.46. The van der Waals surface area contributed by atoms with Gasteiger partial charge < -0.3 is 10.3 Å². The molecular weight excluding hydrogens is 236 g/mol. The van der Waals surface area contributed by atoms with Gasteiger partial charge in [0.1, 0.15) is 0 Å². The SMILES string of the molecule is Nc1cc(-c2cc(Cl)c3c(c2)CCCC3)on1. The van der Waals surface area contributed by atoms with E-state index in [1.54, 1.807) is 6.07 Å². The molecule has 2 N–H and O–H groups in total. The van der Waals surface area contributed by atoms with Crippen LogP contribution in [0.5, 0.6) is 0 Å². The zero-order valence-electron chi connectivity index (χ0n) is 9.37. The molecule has 0 radical (unpaired) electrons. The number of anilines is 1. The topological polar surface area (TPSA) is 52.0 Å². The van der Waals surface area contributed by atoms with Gasteiger partial charge in [-0.3, -0.25) is 0 Å². The second-order valence-electron chi connectivity index (χ2n) is 4.42. The van der Waals surface area contributed by atoms with Crippen LogP contribution in [0.15, 0.2) is 22.7 Å². The zero-order chi connectivity index (χ0) is 11.8. The molecule has 1 aliphatic rings. The van der Waals surface area contributed by atoms with Crippen LogP contribution < -0.4 is 5.73 Å². The molecule has 0 saturated carbocycles. The fourth-order valence-corrected chi connectivity index (χ4v) is 2.71. The van der Waals surface area contributed by atoms with Crippen molar-refractivity contribution in [1.82, 2.24) is 5.16 Å². The summed E-state index contributed by atoms with van der Waals surface area (Å²) in [4.78, 5) is 0. The van der Waals surface area contributed by atoms with Crippen molar-refractivity contribution in [3.63, 3.8) is 0 Å². The molecule has 0 spiro atoms. The highest BCUT2D eigenvalue weighted by Crippen LogP contribution is 2.33. The lowest BCUT2D eigenvalue weighted by Gasteiger charge is -2.17. The monoisotopic (exact) mass is 248 g/mol. The van der Waals surface area contributed by atoms with E-state index in [2.05, 4.69) is 11.2 Å². The minimum atomic E-state index is 0.397. The highest BCUT2D eigenvalue weighted by Gasteiger charge is 2.15. The summed E-state index contributed by atoms with van der Waals surface area (Å²) < 4.78 is 5.16. The van der Waals surface area contributed by atoms with E-state index in [0.29, 0.717) is 11.6 Å². The van der Waals surface area contributed by atoms with Crippen LogP contribution in [-0.4, -0.2) is 5.16 Å². The molecule has 0 atom stereocenters. The molecular formula is C13H13ClN2O. The number of benzene rings is 1. The van der Waals surface area contributed by atoms with Crippen molar-refractivity contribution in [2.24, 2.45) is 0 Å². The van der Waals surface area contributed by atoms with E-state index >= 15 is 0 Å². The summed E-state index contributed by atoms with van der Waals surface area (Å²) in [6.45, 7) is 0. The third-order valence-corrected chi connectivity index (χ3v) is 3.56. The maximum atomic E-state index is 6.31. The molecule has 0 unspecified atom stereocenters. The maximum absolute atomic E-state index is 6.31. The van der Waals surface area contributed by atoms with Crippen LogP contribution in [0.2, 0.25) is 5.02 Å². The van der Waals surface area contributed by atoms with E-state index < -0.39 is 0 Å². The van der Waals surface area contributed by atoms with Crippen LogP contribution in [-0.2, 0) is 12.8 Å². The zero-order valence-corrected chi connectivity index (χ0v) is 10.1. The number of nitrogens with two attached hydrogens (primary N) is 1. The van der Waals surface area contributed by atoms with Crippen molar-refractivity contribution in [2.75, 3.05) is 5.73 Å². The number of nitrogens with zero attached hydrogens (tertiary/aromatic N) is 1. The van der Waals surface area contributed by atoms with Crippen molar-refractivity contribution >= 4 is 17.4 Å². The van der Waals surface area contributed by atoms with Crippen LogP contribution in [0.25, 0.3) is 11.3 Å². The fraction of sp³-hybridized carbons (Fsp3) is 0.308. The lowest BCUT2D eigenvalue weighted by Crippen LogP contribution is -2.03. The van der Waals surface area contributed by atoms with Crippen molar-refractivity contribution in [3.05, 3.63) is 34.3 Å². The Labute approximate surface area is 105 Å². The van der Waals surface area contributed by atoms with Crippen molar-refractivity contribution in [1.29, 1.82) is 0 Å². The van der Waals surface area contributed by atoms with E-state index in [0.717, 1.165) is 23.4 Å². The Balaban J connectivity index is 2.10. The van der Waals surface area contributed by atoms with Gasteiger partial charge in [-0.2, -0.15) is 0 Å². The number of aryl methyl sites for hydroxylation is 1. The first-order valence-electron chi connectivity index (χ1n) is 5.78. The van der Waals surface area contributed by atoms with Crippen LogP contribution in [0.1, 0.15) is 24.0 Å². The molecule has 17 heavy (non-hydrogen) atoms. The van der Waals surface area contributed by atoms with Crippen LogP contribution in [0.4, 0.5) is 5.82 Å². The number of halogens is 1. The molecule has 0 saturated heterocycles. The van der Waals surface area contributed by atoms with Gasteiger partial charge in [-0.15, -0.1) is 0 Å². The molecule has 0 fully saturated rings. The van der Waals surface area contributed by atoms with E-state index in [1.807, 2.05) is 6.07 Å². The summed E-state index contributed by atoms with van der Waals surface area (Å²) in [6.07, 6.45) is 4.62. The minimum Gasteiger partial charge on any atom is -0.381 e. The van der Waals surface area contributed by atoms with Crippen LogP contribution in [0, 0.1) is 0 Å². The summed E-state index contributed by atoms with van der Waals surface area (Å²) in [7, 11) is 0. The molecule has 2 aromatic rings. The third kappa shape index (κ3) is 1.91. The Morgan fingerprint density at radius 1 is 1.18 bits per heavy atom. The summed E-state index contributed by atoms with van der Waals surface area (Å²) in [5.41, 5.74) is 9.13. The molecule has 0 aliphatic heterocycles. The second kappa shape index (κ2) is 4.08. The number of fused-ring (bicyclic) bond motifs is 1. The number of aromatic nitrogens is 1. The Hall–Kier alpha value is -1.48. The smallest absolute Gasteiger partial charge is 0.169 e. The molecule has 3 rings (SSSR count). The summed E-state index contributed by atoms with van der Waals surface area (Å²) in [5, 5.41) is 4.52. The molecule has 3 nitrogen and oxygen atoms in total. The number of rotatable bonds is 1. The molecule has 1 aromatic heterocycles. The number of hydrogen-bond acceptors (Lipinski definition) is 3. The molecule has 4 heteroatoms. The van der Waals surface area contributed by atoms with Gasteiger partial charge in [-0.05, 0) is 48.9 Å². The molecule has 0 bridgehead atoms. The highest BCUT2D eigenvalue weighted by atomic mass is 35.5. The standard InChI is InChI=1S/C13H13ClN2O/c14-11-6-9(12-7-13(15)16-17-12)5-8-3-1-2-4-10(8)11/h5-7H,1-4H2,(H2,15,16). The minimum absolute atomic E-state index is 0.397. The number of hydrogen-bond donors (Lipinski definition) is 1. The maximum Gasteiger partial charge on any atom is 0.169 e. The Kier molecular flexibility index (Phi) is 2.56. The first kappa shape index (κ1) is 10.7.